The predicted octanol–water partition coefficient (Wildman–Crippen LogP) is 3.17. The van der Waals surface area contributed by atoms with Crippen molar-refractivity contribution in [3.63, 3.8) is 0 Å². The van der Waals surface area contributed by atoms with Crippen LogP contribution in [-0.4, -0.2) is 24.6 Å². The average molecular weight is 331 g/mol. The van der Waals surface area contributed by atoms with Crippen LogP contribution in [0.5, 0.6) is 5.75 Å². The van der Waals surface area contributed by atoms with Crippen LogP contribution in [0.15, 0.2) is 54.6 Å². The van der Waals surface area contributed by atoms with Crippen molar-refractivity contribution in [2.24, 2.45) is 0 Å². The van der Waals surface area contributed by atoms with Crippen molar-refractivity contribution in [3.8, 4) is 5.75 Å². The fraction of sp³-hybridized carbons (Fsp3) is 0.222. The highest BCUT2D eigenvalue weighted by Crippen LogP contribution is 2.13. The summed E-state index contributed by atoms with van der Waals surface area (Å²) >= 11 is 0. The Kier molecular flexibility index (Phi) is 6.31. The molecule has 0 aliphatic rings. The number of para-hydroxylation sites is 1. The molecule has 0 spiro atoms. The van der Waals surface area contributed by atoms with Crippen molar-refractivity contribution >= 4 is 17.6 Å². The molecule has 0 fully saturated rings. The maximum Gasteiger partial charge on any atom is 0.347 e. The van der Waals surface area contributed by atoms with Crippen molar-refractivity contribution < 1.29 is 23.5 Å². The van der Waals surface area contributed by atoms with Crippen LogP contribution in [0.4, 0.5) is 10.1 Å². The Balaban J connectivity index is 1.83. The molecule has 2 aromatic rings. The lowest BCUT2D eigenvalue weighted by molar-refractivity contribution is -0.154. The number of hydrogen-bond donors (Lipinski definition) is 1. The Labute approximate surface area is 139 Å². The molecular formula is C18H18FNO4. The van der Waals surface area contributed by atoms with Crippen LogP contribution >= 0.6 is 0 Å². The summed E-state index contributed by atoms with van der Waals surface area (Å²) in [6.45, 7) is 1.31. The molecule has 2 aromatic carbocycles. The van der Waals surface area contributed by atoms with Gasteiger partial charge >= 0.3 is 5.97 Å². The van der Waals surface area contributed by atoms with E-state index in [1.807, 2.05) is 6.07 Å². The van der Waals surface area contributed by atoms with Crippen molar-refractivity contribution in [2.75, 3.05) is 11.9 Å². The fourth-order valence-corrected chi connectivity index (χ4v) is 1.95. The highest BCUT2D eigenvalue weighted by Gasteiger charge is 2.21. The Morgan fingerprint density at radius 3 is 2.54 bits per heavy atom. The van der Waals surface area contributed by atoms with Crippen LogP contribution in [0.25, 0.3) is 0 Å². The van der Waals surface area contributed by atoms with Crippen LogP contribution in [0, 0.1) is 5.82 Å². The molecule has 1 N–H and O–H groups in total. The number of halogens is 1. The van der Waals surface area contributed by atoms with E-state index in [-0.39, 0.29) is 0 Å². The summed E-state index contributed by atoms with van der Waals surface area (Å²) in [4.78, 5) is 23.7. The minimum absolute atomic E-state index is 0.295. The molecule has 0 saturated carbocycles. The molecule has 0 unspecified atom stereocenters. The number of anilines is 1. The number of carbonyl (C=O) groups excluding carboxylic acids is 2. The van der Waals surface area contributed by atoms with Crippen molar-refractivity contribution in [3.05, 3.63) is 60.4 Å². The maximum absolute atomic E-state index is 13.0. The number of rotatable bonds is 7. The number of esters is 1. The summed E-state index contributed by atoms with van der Waals surface area (Å²) in [5, 5.41) is 2.45. The van der Waals surface area contributed by atoms with Crippen LogP contribution in [0.3, 0.4) is 0 Å². The van der Waals surface area contributed by atoms with Gasteiger partial charge in [0.05, 0.1) is 0 Å². The van der Waals surface area contributed by atoms with Crippen LogP contribution in [0.2, 0.25) is 0 Å². The summed E-state index contributed by atoms with van der Waals surface area (Å²) in [6.07, 6.45) is -0.395. The van der Waals surface area contributed by atoms with Crippen molar-refractivity contribution in [1.29, 1.82) is 0 Å². The SMILES string of the molecule is CC[C@@H](Oc1ccccc1)C(=O)OCC(=O)Nc1cccc(F)c1. The number of carbonyl (C=O) groups is 2. The van der Waals surface area contributed by atoms with Crippen LogP contribution in [-0.2, 0) is 14.3 Å². The van der Waals surface area contributed by atoms with E-state index in [0.717, 1.165) is 0 Å². The average Bonchev–Trinajstić information content (AvgIpc) is 2.58. The first kappa shape index (κ1) is 17.5. The lowest BCUT2D eigenvalue weighted by atomic mass is 10.2. The predicted molar refractivity (Wildman–Crippen MR) is 87.1 cm³/mol. The van der Waals surface area contributed by atoms with E-state index in [1.165, 1.54) is 24.3 Å². The molecule has 1 amide bonds. The van der Waals surface area contributed by atoms with Crippen molar-refractivity contribution in [2.45, 2.75) is 19.4 Å². The van der Waals surface area contributed by atoms with E-state index >= 15 is 0 Å². The highest BCUT2D eigenvalue weighted by atomic mass is 19.1. The first-order valence-electron chi connectivity index (χ1n) is 7.52. The third-order valence-corrected chi connectivity index (χ3v) is 3.11. The zero-order chi connectivity index (χ0) is 17.4. The molecule has 0 aliphatic carbocycles. The van der Waals surface area contributed by atoms with Gasteiger partial charge in [0.15, 0.2) is 12.7 Å². The minimum Gasteiger partial charge on any atom is -0.479 e. The van der Waals surface area contributed by atoms with Gasteiger partial charge in [-0.05, 0) is 36.8 Å². The summed E-state index contributed by atoms with van der Waals surface area (Å²) in [6, 6.07) is 14.3. The zero-order valence-electron chi connectivity index (χ0n) is 13.2. The quantitative estimate of drug-likeness (QED) is 0.792. The summed E-state index contributed by atoms with van der Waals surface area (Å²) in [5.41, 5.74) is 0.295. The van der Waals surface area contributed by atoms with Gasteiger partial charge in [-0.15, -0.1) is 0 Å². The monoisotopic (exact) mass is 331 g/mol. The number of ether oxygens (including phenoxy) is 2. The first-order valence-corrected chi connectivity index (χ1v) is 7.52. The molecule has 126 valence electrons. The van der Waals surface area contributed by atoms with Crippen LogP contribution < -0.4 is 10.1 Å². The third kappa shape index (κ3) is 5.39. The van der Waals surface area contributed by atoms with E-state index in [4.69, 9.17) is 9.47 Å². The molecule has 0 aliphatic heterocycles. The van der Waals surface area contributed by atoms with Gasteiger partial charge in [-0.25, -0.2) is 9.18 Å². The molecule has 2 rings (SSSR count). The largest absolute Gasteiger partial charge is 0.479 e. The van der Waals surface area contributed by atoms with Gasteiger partial charge in [0.2, 0.25) is 0 Å². The first-order chi connectivity index (χ1) is 11.6. The molecule has 1 atom stereocenters. The third-order valence-electron chi connectivity index (χ3n) is 3.11. The van der Waals surface area contributed by atoms with Gasteiger partial charge in [0, 0.05) is 5.69 Å². The minimum atomic E-state index is -0.797. The number of amides is 1. The Bertz CT molecular complexity index is 690. The van der Waals surface area contributed by atoms with Gasteiger partial charge in [0.1, 0.15) is 11.6 Å². The second-order valence-electron chi connectivity index (χ2n) is 4.99. The summed E-state index contributed by atoms with van der Waals surface area (Å²) in [7, 11) is 0. The second kappa shape index (κ2) is 8.67. The lowest BCUT2D eigenvalue weighted by Crippen LogP contribution is -2.31. The Morgan fingerprint density at radius 2 is 1.88 bits per heavy atom. The van der Waals surface area contributed by atoms with Gasteiger partial charge in [0.25, 0.3) is 5.91 Å². The number of hydrogen-bond acceptors (Lipinski definition) is 4. The van der Waals surface area contributed by atoms with E-state index in [9.17, 15) is 14.0 Å². The fourth-order valence-electron chi connectivity index (χ4n) is 1.95. The van der Waals surface area contributed by atoms with E-state index in [2.05, 4.69) is 5.32 Å². The number of benzene rings is 2. The molecule has 0 heterocycles. The standard InChI is InChI=1S/C18H18FNO4/c1-2-16(24-15-9-4-3-5-10-15)18(22)23-12-17(21)20-14-8-6-7-13(19)11-14/h3-11,16H,2,12H2,1H3,(H,20,21)/t16-/m1/s1. The van der Waals surface area contributed by atoms with Crippen LogP contribution in [0.1, 0.15) is 13.3 Å². The van der Waals surface area contributed by atoms with E-state index in [1.54, 1.807) is 31.2 Å². The van der Waals surface area contributed by atoms with Gasteiger partial charge in [-0.3, -0.25) is 4.79 Å². The highest BCUT2D eigenvalue weighted by molar-refractivity contribution is 5.93. The normalized spacial score (nSPS) is 11.4. The summed E-state index contributed by atoms with van der Waals surface area (Å²) < 4.78 is 23.5. The zero-order valence-corrected chi connectivity index (χ0v) is 13.2. The Hall–Kier alpha value is -2.89. The van der Waals surface area contributed by atoms with Gasteiger partial charge in [-0.1, -0.05) is 31.2 Å². The smallest absolute Gasteiger partial charge is 0.347 e. The lowest BCUT2D eigenvalue weighted by Gasteiger charge is -2.16. The summed E-state index contributed by atoms with van der Waals surface area (Å²) in [5.74, 6) is -1.10. The second-order valence-corrected chi connectivity index (χ2v) is 4.99. The van der Waals surface area contributed by atoms with Gasteiger partial charge < -0.3 is 14.8 Å². The molecule has 5 nitrogen and oxygen atoms in total. The topological polar surface area (TPSA) is 64.6 Å². The van der Waals surface area contributed by atoms with E-state index in [0.29, 0.717) is 17.9 Å². The molecule has 0 bridgehead atoms. The van der Waals surface area contributed by atoms with Gasteiger partial charge in [-0.2, -0.15) is 0 Å². The maximum atomic E-state index is 13.0. The molecule has 0 saturated heterocycles. The Morgan fingerprint density at radius 1 is 1.12 bits per heavy atom. The molecule has 24 heavy (non-hydrogen) atoms. The molecule has 0 aromatic heterocycles. The van der Waals surface area contributed by atoms with E-state index < -0.39 is 30.4 Å². The number of nitrogens with one attached hydrogen (secondary N) is 1. The molecule has 6 heteroatoms. The van der Waals surface area contributed by atoms with Crippen molar-refractivity contribution in [1.82, 2.24) is 0 Å². The molecule has 0 radical (unpaired) electrons. The molecular weight excluding hydrogens is 313 g/mol.